The molecule has 0 unspecified atom stereocenters. The quantitative estimate of drug-likeness (QED) is 0.783. The molecule has 0 fully saturated rings. The molecule has 0 saturated carbocycles. The SMILES string of the molecule is Cc1ccc(Nc2ccc(C)cc2C)c(C)c1. The molecule has 0 atom stereocenters. The van der Waals surface area contributed by atoms with E-state index in [0.717, 1.165) is 0 Å². The van der Waals surface area contributed by atoms with Crippen LogP contribution in [0.4, 0.5) is 11.4 Å². The van der Waals surface area contributed by atoms with Gasteiger partial charge >= 0.3 is 0 Å². The minimum Gasteiger partial charge on any atom is -0.355 e. The molecule has 0 spiro atoms. The van der Waals surface area contributed by atoms with Gasteiger partial charge in [-0.15, -0.1) is 0 Å². The average Bonchev–Trinajstić information content (AvgIpc) is 2.25. The second-order valence-electron chi connectivity index (χ2n) is 4.76. The van der Waals surface area contributed by atoms with E-state index in [1.165, 1.54) is 33.6 Å². The van der Waals surface area contributed by atoms with E-state index in [1.54, 1.807) is 0 Å². The molecule has 0 bridgehead atoms. The van der Waals surface area contributed by atoms with Crippen LogP contribution in [0.25, 0.3) is 0 Å². The lowest BCUT2D eigenvalue weighted by atomic mass is 10.1. The molecule has 2 aromatic carbocycles. The summed E-state index contributed by atoms with van der Waals surface area (Å²) in [5.74, 6) is 0. The molecule has 0 aliphatic rings. The van der Waals surface area contributed by atoms with Crippen molar-refractivity contribution in [2.24, 2.45) is 0 Å². The van der Waals surface area contributed by atoms with Gasteiger partial charge in [0.1, 0.15) is 0 Å². The zero-order valence-electron chi connectivity index (χ0n) is 11.0. The molecule has 0 saturated heterocycles. The number of nitrogens with one attached hydrogen (secondary N) is 1. The summed E-state index contributed by atoms with van der Waals surface area (Å²) in [7, 11) is 0. The van der Waals surface area contributed by atoms with E-state index in [-0.39, 0.29) is 0 Å². The largest absolute Gasteiger partial charge is 0.355 e. The van der Waals surface area contributed by atoms with Crippen LogP contribution in [-0.2, 0) is 0 Å². The lowest BCUT2D eigenvalue weighted by Crippen LogP contribution is -1.96. The number of hydrogen-bond donors (Lipinski definition) is 1. The van der Waals surface area contributed by atoms with Crippen molar-refractivity contribution < 1.29 is 0 Å². The fraction of sp³-hybridized carbons (Fsp3) is 0.250. The molecule has 0 heterocycles. The second kappa shape index (κ2) is 4.62. The summed E-state index contributed by atoms with van der Waals surface area (Å²) in [6.45, 7) is 8.51. The van der Waals surface area contributed by atoms with Crippen LogP contribution in [0.3, 0.4) is 0 Å². The summed E-state index contributed by atoms with van der Waals surface area (Å²) < 4.78 is 0. The van der Waals surface area contributed by atoms with E-state index < -0.39 is 0 Å². The van der Waals surface area contributed by atoms with Crippen LogP contribution in [0.15, 0.2) is 36.4 Å². The molecule has 1 nitrogen and oxygen atoms in total. The molecule has 17 heavy (non-hydrogen) atoms. The molecule has 0 aliphatic carbocycles. The summed E-state index contributed by atoms with van der Waals surface area (Å²) in [5.41, 5.74) is 7.53. The Bertz CT molecular complexity index is 492. The van der Waals surface area contributed by atoms with Crippen molar-refractivity contribution >= 4 is 11.4 Å². The average molecular weight is 225 g/mol. The van der Waals surface area contributed by atoms with Crippen LogP contribution in [0.2, 0.25) is 0 Å². The van der Waals surface area contributed by atoms with Crippen molar-refractivity contribution in [2.45, 2.75) is 27.7 Å². The summed E-state index contributed by atoms with van der Waals surface area (Å²) >= 11 is 0. The van der Waals surface area contributed by atoms with Crippen molar-refractivity contribution in [3.63, 3.8) is 0 Å². The predicted molar refractivity (Wildman–Crippen MR) is 75.1 cm³/mol. The van der Waals surface area contributed by atoms with E-state index in [4.69, 9.17) is 0 Å². The van der Waals surface area contributed by atoms with E-state index in [0.29, 0.717) is 0 Å². The third kappa shape index (κ3) is 2.68. The second-order valence-corrected chi connectivity index (χ2v) is 4.76. The maximum Gasteiger partial charge on any atom is 0.0414 e. The molecule has 0 aliphatic heterocycles. The molecule has 2 aromatic rings. The standard InChI is InChI=1S/C16H19N/c1-11-5-7-15(13(3)9-11)17-16-8-6-12(2)10-14(16)4/h5-10,17H,1-4H3. The molecular weight excluding hydrogens is 206 g/mol. The molecule has 0 aromatic heterocycles. The summed E-state index contributed by atoms with van der Waals surface area (Å²) in [6, 6.07) is 13.0. The molecule has 2 rings (SSSR count). The Hall–Kier alpha value is -1.76. The smallest absolute Gasteiger partial charge is 0.0414 e. The van der Waals surface area contributed by atoms with E-state index in [1.807, 2.05) is 0 Å². The highest BCUT2D eigenvalue weighted by Gasteiger charge is 2.01. The van der Waals surface area contributed by atoms with Gasteiger partial charge in [0.15, 0.2) is 0 Å². The maximum atomic E-state index is 3.49. The van der Waals surface area contributed by atoms with Crippen LogP contribution < -0.4 is 5.32 Å². The van der Waals surface area contributed by atoms with Crippen molar-refractivity contribution in [3.8, 4) is 0 Å². The third-order valence-corrected chi connectivity index (χ3v) is 3.03. The first-order valence-corrected chi connectivity index (χ1v) is 5.98. The Morgan fingerprint density at radius 2 is 1.06 bits per heavy atom. The number of benzene rings is 2. The minimum atomic E-state index is 1.18. The number of anilines is 2. The van der Waals surface area contributed by atoms with Crippen molar-refractivity contribution in [1.29, 1.82) is 0 Å². The Morgan fingerprint density at radius 1 is 0.647 bits per heavy atom. The van der Waals surface area contributed by atoms with Gasteiger partial charge in [0.25, 0.3) is 0 Å². The first kappa shape index (κ1) is 11.7. The van der Waals surface area contributed by atoms with Gasteiger partial charge in [-0.2, -0.15) is 0 Å². The molecule has 1 N–H and O–H groups in total. The van der Waals surface area contributed by atoms with Gasteiger partial charge in [0, 0.05) is 11.4 Å². The van der Waals surface area contributed by atoms with Crippen molar-refractivity contribution in [2.75, 3.05) is 5.32 Å². The van der Waals surface area contributed by atoms with Crippen LogP contribution in [-0.4, -0.2) is 0 Å². The summed E-state index contributed by atoms with van der Waals surface area (Å²) in [5, 5.41) is 3.49. The molecule has 0 radical (unpaired) electrons. The van der Waals surface area contributed by atoms with E-state index >= 15 is 0 Å². The third-order valence-electron chi connectivity index (χ3n) is 3.03. The van der Waals surface area contributed by atoms with Crippen LogP contribution in [0, 0.1) is 27.7 Å². The van der Waals surface area contributed by atoms with E-state index in [2.05, 4.69) is 69.4 Å². The molecule has 1 heteroatoms. The van der Waals surface area contributed by atoms with Gasteiger partial charge in [-0.25, -0.2) is 0 Å². The number of rotatable bonds is 2. The highest BCUT2D eigenvalue weighted by molar-refractivity contribution is 5.66. The summed E-state index contributed by atoms with van der Waals surface area (Å²) in [4.78, 5) is 0. The van der Waals surface area contributed by atoms with Gasteiger partial charge < -0.3 is 5.32 Å². The van der Waals surface area contributed by atoms with Gasteiger partial charge in [0.05, 0.1) is 0 Å². The Kier molecular flexibility index (Phi) is 3.19. The molecule has 0 amide bonds. The Balaban J connectivity index is 2.31. The highest BCUT2D eigenvalue weighted by Crippen LogP contribution is 2.24. The Morgan fingerprint density at radius 3 is 1.41 bits per heavy atom. The maximum absolute atomic E-state index is 3.49. The lowest BCUT2D eigenvalue weighted by molar-refractivity contribution is 1.34. The van der Waals surface area contributed by atoms with Crippen LogP contribution >= 0.6 is 0 Å². The predicted octanol–water partition coefficient (Wildman–Crippen LogP) is 4.66. The normalized spacial score (nSPS) is 10.4. The van der Waals surface area contributed by atoms with Gasteiger partial charge in [0.2, 0.25) is 0 Å². The van der Waals surface area contributed by atoms with Gasteiger partial charge in [-0.05, 0) is 51.0 Å². The van der Waals surface area contributed by atoms with Crippen molar-refractivity contribution in [1.82, 2.24) is 0 Å². The van der Waals surface area contributed by atoms with Crippen LogP contribution in [0.1, 0.15) is 22.3 Å². The fourth-order valence-electron chi connectivity index (χ4n) is 2.05. The number of aryl methyl sites for hydroxylation is 4. The lowest BCUT2D eigenvalue weighted by Gasteiger charge is -2.13. The first-order valence-electron chi connectivity index (χ1n) is 5.98. The van der Waals surface area contributed by atoms with Gasteiger partial charge in [-0.1, -0.05) is 35.4 Å². The fourth-order valence-corrected chi connectivity index (χ4v) is 2.05. The Labute approximate surface area is 103 Å². The topological polar surface area (TPSA) is 12.0 Å². The first-order chi connectivity index (χ1) is 8.06. The minimum absolute atomic E-state index is 1.18. The molecular formula is C16H19N. The zero-order chi connectivity index (χ0) is 12.4. The number of hydrogen-bond acceptors (Lipinski definition) is 1. The van der Waals surface area contributed by atoms with Gasteiger partial charge in [-0.3, -0.25) is 0 Å². The molecule has 88 valence electrons. The summed E-state index contributed by atoms with van der Waals surface area (Å²) in [6.07, 6.45) is 0. The van der Waals surface area contributed by atoms with Crippen molar-refractivity contribution in [3.05, 3.63) is 58.7 Å². The van der Waals surface area contributed by atoms with E-state index in [9.17, 15) is 0 Å². The highest BCUT2D eigenvalue weighted by atomic mass is 14.9. The zero-order valence-corrected chi connectivity index (χ0v) is 11.0. The van der Waals surface area contributed by atoms with Crippen LogP contribution in [0.5, 0.6) is 0 Å². The monoisotopic (exact) mass is 225 g/mol.